The highest BCUT2D eigenvalue weighted by molar-refractivity contribution is 5.94. The molecule has 0 aromatic heterocycles. The summed E-state index contributed by atoms with van der Waals surface area (Å²) in [6.45, 7) is 2.62. The summed E-state index contributed by atoms with van der Waals surface area (Å²) in [7, 11) is 0. The SMILES string of the molecule is O=C(NCC1COCCN1)c1ccc(F)cc1. The standard InChI is InChI=1S/C12H15FN2O2/c13-10-3-1-9(2-4-10)12(16)15-7-11-8-17-6-5-14-11/h1-4,11,14H,5-8H2,(H,15,16). The molecule has 1 aromatic rings. The van der Waals surface area contributed by atoms with Crippen molar-refractivity contribution in [3.63, 3.8) is 0 Å². The molecule has 0 radical (unpaired) electrons. The minimum Gasteiger partial charge on any atom is -0.378 e. The maximum Gasteiger partial charge on any atom is 0.251 e. The van der Waals surface area contributed by atoms with E-state index < -0.39 is 0 Å². The van der Waals surface area contributed by atoms with E-state index >= 15 is 0 Å². The lowest BCUT2D eigenvalue weighted by atomic mass is 10.2. The molecule has 0 spiro atoms. The van der Waals surface area contributed by atoms with E-state index in [4.69, 9.17) is 4.74 Å². The normalized spacial score (nSPS) is 19.9. The molecule has 1 amide bonds. The van der Waals surface area contributed by atoms with Gasteiger partial charge in [0.05, 0.1) is 13.2 Å². The van der Waals surface area contributed by atoms with Crippen molar-refractivity contribution in [2.75, 3.05) is 26.3 Å². The molecule has 1 aliphatic heterocycles. The van der Waals surface area contributed by atoms with E-state index in [0.29, 0.717) is 25.3 Å². The van der Waals surface area contributed by atoms with Crippen LogP contribution in [0.5, 0.6) is 0 Å². The molecule has 17 heavy (non-hydrogen) atoms. The fraction of sp³-hybridized carbons (Fsp3) is 0.417. The first-order valence-corrected chi connectivity index (χ1v) is 5.60. The number of carbonyl (C=O) groups is 1. The second kappa shape index (κ2) is 5.75. The lowest BCUT2D eigenvalue weighted by Gasteiger charge is -2.23. The lowest BCUT2D eigenvalue weighted by Crippen LogP contribution is -2.48. The first kappa shape index (κ1) is 12.0. The van der Waals surface area contributed by atoms with Gasteiger partial charge in [0.25, 0.3) is 5.91 Å². The molecule has 0 saturated carbocycles. The Hall–Kier alpha value is -1.46. The van der Waals surface area contributed by atoms with Gasteiger partial charge < -0.3 is 15.4 Å². The van der Waals surface area contributed by atoms with Crippen LogP contribution in [0.15, 0.2) is 24.3 Å². The topological polar surface area (TPSA) is 50.4 Å². The molecule has 0 aliphatic carbocycles. The second-order valence-corrected chi connectivity index (χ2v) is 3.94. The van der Waals surface area contributed by atoms with Crippen LogP contribution in [0.4, 0.5) is 4.39 Å². The van der Waals surface area contributed by atoms with Crippen LogP contribution in [-0.4, -0.2) is 38.3 Å². The number of ether oxygens (including phenoxy) is 1. The zero-order chi connectivity index (χ0) is 12.1. The highest BCUT2D eigenvalue weighted by Crippen LogP contribution is 2.02. The molecule has 5 heteroatoms. The van der Waals surface area contributed by atoms with Crippen LogP contribution in [0.3, 0.4) is 0 Å². The van der Waals surface area contributed by atoms with Gasteiger partial charge in [-0.2, -0.15) is 0 Å². The molecular formula is C12H15FN2O2. The zero-order valence-electron chi connectivity index (χ0n) is 9.41. The Morgan fingerprint density at radius 3 is 2.88 bits per heavy atom. The molecular weight excluding hydrogens is 223 g/mol. The van der Waals surface area contributed by atoms with Gasteiger partial charge in [-0.3, -0.25) is 4.79 Å². The van der Waals surface area contributed by atoms with Crippen molar-refractivity contribution in [1.29, 1.82) is 0 Å². The van der Waals surface area contributed by atoms with Crippen LogP contribution in [0.2, 0.25) is 0 Å². The molecule has 92 valence electrons. The van der Waals surface area contributed by atoms with Gasteiger partial charge in [0, 0.05) is 24.7 Å². The fourth-order valence-electron chi connectivity index (χ4n) is 1.67. The Balaban J connectivity index is 1.82. The van der Waals surface area contributed by atoms with Crippen LogP contribution in [0.25, 0.3) is 0 Å². The number of carbonyl (C=O) groups excluding carboxylic acids is 1. The average Bonchev–Trinajstić information content (AvgIpc) is 2.38. The average molecular weight is 238 g/mol. The molecule has 1 heterocycles. The molecule has 1 saturated heterocycles. The minimum absolute atomic E-state index is 0.146. The van der Waals surface area contributed by atoms with Crippen molar-refractivity contribution in [1.82, 2.24) is 10.6 Å². The van der Waals surface area contributed by atoms with Crippen LogP contribution in [0.1, 0.15) is 10.4 Å². The number of morpholine rings is 1. The number of hydrogen-bond acceptors (Lipinski definition) is 3. The Kier molecular flexibility index (Phi) is 4.06. The fourth-order valence-corrected chi connectivity index (χ4v) is 1.67. The smallest absolute Gasteiger partial charge is 0.251 e. The van der Waals surface area contributed by atoms with E-state index in [9.17, 15) is 9.18 Å². The Labute approximate surface area is 99.2 Å². The summed E-state index contributed by atoms with van der Waals surface area (Å²) in [6, 6.07) is 5.63. The molecule has 4 nitrogen and oxygen atoms in total. The molecule has 1 aromatic carbocycles. The molecule has 0 bridgehead atoms. The van der Waals surface area contributed by atoms with Crippen molar-refractivity contribution in [3.8, 4) is 0 Å². The molecule has 1 aliphatic rings. The van der Waals surface area contributed by atoms with Gasteiger partial charge in [-0.1, -0.05) is 0 Å². The van der Waals surface area contributed by atoms with Gasteiger partial charge in [0.1, 0.15) is 5.82 Å². The summed E-state index contributed by atoms with van der Waals surface area (Å²) in [4.78, 5) is 11.7. The molecule has 1 atom stereocenters. The van der Waals surface area contributed by atoms with Gasteiger partial charge in [-0.05, 0) is 24.3 Å². The predicted molar refractivity (Wildman–Crippen MR) is 61.3 cm³/mol. The second-order valence-electron chi connectivity index (χ2n) is 3.94. The number of nitrogens with one attached hydrogen (secondary N) is 2. The first-order chi connectivity index (χ1) is 8.25. The molecule has 2 N–H and O–H groups in total. The number of rotatable bonds is 3. The van der Waals surface area contributed by atoms with Crippen LogP contribution in [0, 0.1) is 5.82 Å². The molecule has 1 fully saturated rings. The highest BCUT2D eigenvalue weighted by atomic mass is 19.1. The maximum atomic E-state index is 12.7. The summed E-state index contributed by atoms with van der Waals surface area (Å²) >= 11 is 0. The largest absolute Gasteiger partial charge is 0.378 e. The van der Waals surface area contributed by atoms with Crippen LogP contribution in [-0.2, 0) is 4.74 Å². The lowest BCUT2D eigenvalue weighted by molar-refractivity contribution is 0.0734. The summed E-state index contributed by atoms with van der Waals surface area (Å²) in [6.07, 6.45) is 0. The number of benzene rings is 1. The third kappa shape index (κ3) is 3.51. The molecule has 1 unspecified atom stereocenters. The van der Waals surface area contributed by atoms with Gasteiger partial charge >= 0.3 is 0 Å². The number of amides is 1. The van der Waals surface area contributed by atoms with Crippen LogP contribution < -0.4 is 10.6 Å². The molecule has 2 rings (SSSR count). The Bertz CT molecular complexity index is 375. The summed E-state index contributed by atoms with van der Waals surface area (Å²) in [5.41, 5.74) is 0.461. The van der Waals surface area contributed by atoms with Gasteiger partial charge in [0.15, 0.2) is 0 Å². The predicted octanol–water partition coefficient (Wildman–Crippen LogP) is 0.544. The summed E-state index contributed by atoms with van der Waals surface area (Å²) in [5, 5.41) is 6.02. The summed E-state index contributed by atoms with van der Waals surface area (Å²) < 4.78 is 17.9. The minimum atomic E-state index is -0.344. The third-order valence-corrected chi connectivity index (χ3v) is 2.61. The van der Waals surface area contributed by atoms with E-state index in [-0.39, 0.29) is 17.8 Å². The van der Waals surface area contributed by atoms with Crippen LogP contribution >= 0.6 is 0 Å². The maximum absolute atomic E-state index is 12.7. The number of halogens is 1. The van der Waals surface area contributed by atoms with Gasteiger partial charge in [-0.15, -0.1) is 0 Å². The van der Waals surface area contributed by atoms with E-state index in [0.717, 1.165) is 6.54 Å². The van der Waals surface area contributed by atoms with Crippen molar-refractivity contribution in [2.24, 2.45) is 0 Å². The monoisotopic (exact) mass is 238 g/mol. The van der Waals surface area contributed by atoms with Crippen molar-refractivity contribution in [3.05, 3.63) is 35.6 Å². The highest BCUT2D eigenvalue weighted by Gasteiger charge is 2.14. The third-order valence-electron chi connectivity index (χ3n) is 2.61. The quantitative estimate of drug-likeness (QED) is 0.808. The van der Waals surface area contributed by atoms with E-state index in [2.05, 4.69) is 10.6 Å². The first-order valence-electron chi connectivity index (χ1n) is 5.60. The Morgan fingerprint density at radius 2 is 2.24 bits per heavy atom. The Morgan fingerprint density at radius 1 is 1.47 bits per heavy atom. The van der Waals surface area contributed by atoms with Gasteiger partial charge in [-0.25, -0.2) is 4.39 Å². The van der Waals surface area contributed by atoms with Gasteiger partial charge in [0.2, 0.25) is 0 Å². The van der Waals surface area contributed by atoms with E-state index in [1.54, 1.807) is 0 Å². The van der Waals surface area contributed by atoms with E-state index in [1.165, 1.54) is 24.3 Å². The number of hydrogen-bond donors (Lipinski definition) is 2. The van der Waals surface area contributed by atoms with E-state index in [1.807, 2.05) is 0 Å². The van der Waals surface area contributed by atoms with Crippen molar-refractivity contribution in [2.45, 2.75) is 6.04 Å². The zero-order valence-corrected chi connectivity index (χ0v) is 9.41. The summed E-state index contributed by atoms with van der Waals surface area (Å²) in [5.74, 6) is -0.540. The van der Waals surface area contributed by atoms with Crippen molar-refractivity contribution >= 4 is 5.91 Å². The van der Waals surface area contributed by atoms with Crippen molar-refractivity contribution < 1.29 is 13.9 Å².